The Labute approximate surface area is 183 Å². The van der Waals surface area contributed by atoms with Crippen LogP contribution >= 0.6 is 11.3 Å². The number of hydrogen-bond donors (Lipinski definition) is 0. The molecule has 6 nitrogen and oxygen atoms in total. The van der Waals surface area contributed by atoms with Gasteiger partial charge in [-0.2, -0.15) is 0 Å². The van der Waals surface area contributed by atoms with Gasteiger partial charge in [0, 0.05) is 24.6 Å². The van der Waals surface area contributed by atoms with Gasteiger partial charge in [0.05, 0.1) is 27.2 Å². The van der Waals surface area contributed by atoms with Crippen molar-refractivity contribution in [3.8, 4) is 10.6 Å². The van der Waals surface area contributed by atoms with E-state index in [2.05, 4.69) is 10.1 Å². The van der Waals surface area contributed by atoms with Crippen molar-refractivity contribution in [3.05, 3.63) is 70.7 Å². The van der Waals surface area contributed by atoms with Gasteiger partial charge in [0.25, 0.3) is 11.6 Å². The summed E-state index contributed by atoms with van der Waals surface area (Å²) in [6.45, 7) is 2.91. The third-order valence-electron chi connectivity index (χ3n) is 5.83. The molecule has 4 heterocycles. The SMILES string of the molecule is Cc1noc2nc(-c3cccs3)cc(C(=O)N3CCC(C(=O)c4ccccc4)CC3)c12. The van der Waals surface area contributed by atoms with E-state index < -0.39 is 0 Å². The van der Waals surface area contributed by atoms with Gasteiger partial charge in [-0.3, -0.25) is 9.59 Å². The molecule has 0 bridgehead atoms. The second-order valence-corrected chi connectivity index (χ2v) is 8.72. The molecule has 3 aromatic heterocycles. The predicted molar refractivity (Wildman–Crippen MR) is 119 cm³/mol. The van der Waals surface area contributed by atoms with E-state index in [0.717, 1.165) is 10.4 Å². The van der Waals surface area contributed by atoms with E-state index >= 15 is 0 Å². The Hall–Kier alpha value is -3.32. The number of aryl methyl sites for hydroxylation is 1. The standard InChI is InChI=1S/C24H21N3O3S/c1-15-21-18(14-19(20-8-5-13-31-20)25-23(21)30-26-15)24(29)27-11-9-17(10-12-27)22(28)16-6-3-2-4-7-16/h2-8,13-14,17H,9-12H2,1H3. The van der Waals surface area contributed by atoms with Crippen LogP contribution in [0.1, 0.15) is 39.3 Å². The van der Waals surface area contributed by atoms with Gasteiger partial charge in [-0.05, 0) is 37.3 Å². The molecule has 7 heteroatoms. The molecule has 0 unspecified atom stereocenters. The lowest BCUT2D eigenvalue weighted by atomic mass is 9.88. The molecule has 0 atom stereocenters. The zero-order valence-corrected chi connectivity index (χ0v) is 17.9. The molecule has 1 aliphatic rings. The number of hydrogen-bond acceptors (Lipinski definition) is 6. The summed E-state index contributed by atoms with van der Waals surface area (Å²) in [5, 5.41) is 6.66. The number of nitrogens with zero attached hydrogens (tertiary/aromatic N) is 3. The maximum absolute atomic E-state index is 13.5. The minimum atomic E-state index is -0.0675. The van der Waals surface area contributed by atoms with Crippen LogP contribution in [0.25, 0.3) is 21.7 Å². The van der Waals surface area contributed by atoms with Gasteiger partial charge in [-0.1, -0.05) is 41.6 Å². The number of pyridine rings is 1. The van der Waals surface area contributed by atoms with Crippen LogP contribution < -0.4 is 0 Å². The Morgan fingerprint density at radius 3 is 2.58 bits per heavy atom. The first kappa shape index (κ1) is 19.6. The number of carbonyl (C=O) groups excluding carboxylic acids is 2. The number of ketones is 1. The molecule has 156 valence electrons. The quantitative estimate of drug-likeness (QED) is 0.425. The summed E-state index contributed by atoms with van der Waals surface area (Å²) >= 11 is 1.56. The third-order valence-corrected chi connectivity index (χ3v) is 6.72. The van der Waals surface area contributed by atoms with Crippen molar-refractivity contribution < 1.29 is 14.1 Å². The number of aromatic nitrogens is 2. The maximum atomic E-state index is 13.5. The van der Waals surface area contributed by atoms with Crippen LogP contribution in [0, 0.1) is 12.8 Å². The molecule has 1 saturated heterocycles. The molecule has 1 fully saturated rings. The highest BCUT2D eigenvalue weighted by Crippen LogP contribution is 2.31. The van der Waals surface area contributed by atoms with Crippen LogP contribution in [0.15, 0.2) is 58.4 Å². The lowest BCUT2D eigenvalue weighted by Crippen LogP contribution is -2.40. The predicted octanol–water partition coefficient (Wildman–Crippen LogP) is 4.99. The second kappa shape index (κ2) is 8.07. The lowest BCUT2D eigenvalue weighted by molar-refractivity contribution is 0.0652. The molecule has 0 aliphatic carbocycles. The molecule has 4 aromatic rings. The van der Waals surface area contributed by atoms with Gasteiger partial charge in [-0.15, -0.1) is 11.3 Å². The van der Waals surface area contributed by atoms with Gasteiger partial charge in [0.15, 0.2) is 5.78 Å². The molecular weight excluding hydrogens is 410 g/mol. The highest BCUT2D eigenvalue weighted by Gasteiger charge is 2.30. The van der Waals surface area contributed by atoms with Gasteiger partial charge >= 0.3 is 0 Å². The number of fused-ring (bicyclic) bond motifs is 1. The first-order valence-electron chi connectivity index (χ1n) is 10.3. The van der Waals surface area contributed by atoms with Gasteiger partial charge in [0.2, 0.25) is 0 Å². The van der Waals surface area contributed by atoms with E-state index in [4.69, 9.17) is 4.52 Å². The van der Waals surface area contributed by atoms with Crippen molar-refractivity contribution >= 4 is 34.1 Å². The molecule has 0 spiro atoms. The zero-order valence-electron chi connectivity index (χ0n) is 17.1. The van der Waals surface area contributed by atoms with Crippen LogP contribution in [0.4, 0.5) is 0 Å². The zero-order chi connectivity index (χ0) is 21.4. The number of likely N-dealkylation sites (tertiary alicyclic amines) is 1. The van der Waals surface area contributed by atoms with E-state index in [9.17, 15) is 9.59 Å². The average Bonchev–Trinajstić information content (AvgIpc) is 3.49. The first-order valence-corrected chi connectivity index (χ1v) is 11.2. The minimum absolute atomic E-state index is 0.0529. The van der Waals surface area contributed by atoms with E-state index in [1.54, 1.807) is 11.3 Å². The fourth-order valence-electron chi connectivity index (χ4n) is 4.17. The molecule has 1 aromatic carbocycles. The van der Waals surface area contributed by atoms with Gasteiger partial charge < -0.3 is 9.42 Å². The molecule has 31 heavy (non-hydrogen) atoms. The van der Waals surface area contributed by atoms with Crippen LogP contribution in [0.5, 0.6) is 0 Å². The van der Waals surface area contributed by atoms with Crippen LogP contribution in [-0.2, 0) is 0 Å². The fraction of sp³-hybridized carbons (Fsp3) is 0.250. The minimum Gasteiger partial charge on any atom is -0.339 e. The Bertz CT molecular complexity index is 1240. The molecule has 1 aliphatic heterocycles. The number of benzene rings is 1. The normalized spacial score (nSPS) is 14.8. The van der Waals surface area contributed by atoms with E-state index in [1.807, 2.05) is 65.7 Å². The summed E-state index contributed by atoms with van der Waals surface area (Å²) in [6.07, 6.45) is 1.32. The number of piperidine rings is 1. The van der Waals surface area contributed by atoms with E-state index in [-0.39, 0.29) is 17.6 Å². The largest absolute Gasteiger partial charge is 0.339 e. The summed E-state index contributed by atoms with van der Waals surface area (Å²) in [5.74, 6) is 0.0406. The summed E-state index contributed by atoms with van der Waals surface area (Å²) in [6, 6.07) is 15.1. The summed E-state index contributed by atoms with van der Waals surface area (Å²) in [4.78, 5) is 33.6. The van der Waals surface area contributed by atoms with Crippen LogP contribution in [-0.4, -0.2) is 39.8 Å². The molecule has 1 amide bonds. The summed E-state index contributed by atoms with van der Waals surface area (Å²) < 4.78 is 5.39. The topological polar surface area (TPSA) is 76.3 Å². The van der Waals surface area contributed by atoms with E-state index in [1.165, 1.54) is 0 Å². The molecule has 0 saturated carbocycles. The Morgan fingerprint density at radius 2 is 1.87 bits per heavy atom. The first-order chi connectivity index (χ1) is 15.1. The Morgan fingerprint density at radius 1 is 1.10 bits per heavy atom. The smallest absolute Gasteiger partial charge is 0.259 e. The van der Waals surface area contributed by atoms with Crippen molar-refractivity contribution in [1.29, 1.82) is 0 Å². The Balaban J connectivity index is 1.40. The Kier molecular flexibility index (Phi) is 5.11. The number of amides is 1. The van der Waals surface area contributed by atoms with E-state index in [0.29, 0.717) is 54.0 Å². The monoisotopic (exact) mass is 431 g/mol. The number of rotatable bonds is 4. The molecule has 5 rings (SSSR count). The molecule has 0 radical (unpaired) electrons. The fourth-order valence-corrected chi connectivity index (χ4v) is 4.85. The highest BCUT2D eigenvalue weighted by atomic mass is 32.1. The van der Waals surface area contributed by atoms with Crippen molar-refractivity contribution in [2.45, 2.75) is 19.8 Å². The van der Waals surface area contributed by atoms with Crippen LogP contribution in [0.2, 0.25) is 0 Å². The van der Waals surface area contributed by atoms with Gasteiger partial charge in [-0.25, -0.2) is 4.98 Å². The van der Waals surface area contributed by atoms with Gasteiger partial charge in [0.1, 0.15) is 0 Å². The number of thiophene rings is 1. The van der Waals surface area contributed by atoms with Crippen molar-refractivity contribution in [2.75, 3.05) is 13.1 Å². The average molecular weight is 432 g/mol. The molecule has 0 N–H and O–H groups in total. The summed E-state index contributed by atoms with van der Waals surface area (Å²) in [5.41, 5.74) is 3.03. The van der Waals surface area contributed by atoms with Crippen molar-refractivity contribution in [2.24, 2.45) is 5.92 Å². The molecular formula is C24H21N3O3S. The van der Waals surface area contributed by atoms with Crippen LogP contribution in [0.3, 0.4) is 0 Å². The van der Waals surface area contributed by atoms with Crippen molar-refractivity contribution in [3.63, 3.8) is 0 Å². The van der Waals surface area contributed by atoms with Crippen molar-refractivity contribution in [1.82, 2.24) is 15.0 Å². The number of Topliss-reactive ketones (excluding diaryl/α,β-unsaturated/α-hetero) is 1. The second-order valence-electron chi connectivity index (χ2n) is 7.78. The summed E-state index contributed by atoms with van der Waals surface area (Å²) in [7, 11) is 0. The third kappa shape index (κ3) is 3.65. The maximum Gasteiger partial charge on any atom is 0.259 e. The highest BCUT2D eigenvalue weighted by molar-refractivity contribution is 7.13. The number of carbonyl (C=O) groups is 2. The lowest BCUT2D eigenvalue weighted by Gasteiger charge is -2.31.